The molecule has 0 atom stereocenters. The summed E-state index contributed by atoms with van der Waals surface area (Å²) in [5.41, 5.74) is 7.65. The van der Waals surface area contributed by atoms with Gasteiger partial charge in [-0.1, -0.05) is 164 Å². The SMILES string of the molecule is Fc1cc(-n2c3ccccc3c3cc([Si](c4ccccc4)(c4ccccc4)c4ccccc4)ccc32)cc2c1N(c1ccccc1)Cc1ccccc1-2. The first kappa shape index (κ1) is 31.3. The van der Waals surface area contributed by atoms with Crippen LogP contribution >= 0.6 is 0 Å². The van der Waals surface area contributed by atoms with Gasteiger partial charge in [0.25, 0.3) is 0 Å². The van der Waals surface area contributed by atoms with Gasteiger partial charge in [0, 0.05) is 40.3 Å². The van der Waals surface area contributed by atoms with Gasteiger partial charge in [-0.2, -0.15) is 0 Å². The van der Waals surface area contributed by atoms with E-state index < -0.39 is 8.07 Å². The molecule has 9 aromatic rings. The molecule has 1 aliphatic heterocycles. The van der Waals surface area contributed by atoms with E-state index in [1.54, 1.807) is 6.07 Å². The predicted molar refractivity (Wildman–Crippen MR) is 222 cm³/mol. The Balaban J connectivity index is 1.24. The van der Waals surface area contributed by atoms with Crippen LogP contribution in [-0.2, 0) is 6.54 Å². The lowest BCUT2D eigenvalue weighted by Crippen LogP contribution is -2.74. The van der Waals surface area contributed by atoms with Crippen molar-refractivity contribution in [2.75, 3.05) is 4.90 Å². The molecule has 0 bridgehead atoms. The highest BCUT2D eigenvalue weighted by Gasteiger charge is 2.41. The summed E-state index contributed by atoms with van der Waals surface area (Å²) in [5.74, 6) is -0.234. The van der Waals surface area contributed by atoms with Crippen molar-refractivity contribution in [3.05, 3.63) is 212 Å². The molecule has 10 rings (SSSR count). The minimum absolute atomic E-state index is 0.234. The van der Waals surface area contributed by atoms with Crippen LogP contribution in [0.3, 0.4) is 0 Å². The smallest absolute Gasteiger partial charge is 0.179 e. The van der Waals surface area contributed by atoms with Crippen LogP contribution in [0.1, 0.15) is 5.56 Å². The van der Waals surface area contributed by atoms with Gasteiger partial charge >= 0.3 is 0 Å². The van der Waals surface area contributed by atoms with Crippen LogP contribution in [0.5, 0.6) is 0 Å². The number of para-hydroxylation sites is 2. The molecule has 4 heteroatoms. The Morgan fingerprint density at radius 3 is 1.62 bits per heavy atom. The highest BCUT2D eigenvalue weighted by Crippen LogP contribution is 2.46. The van der Waals surface area contributed by atoms with Gasteiger partial charge in [-0.15, -0.1) is 0 Å². The van der Waals surface area contributed by atoms with E-state index in [1.807, 2.05) is 18.2 Å². The number of benzene rings is 8. The summed E-state index contributed by atoms with van der Waals surface area (Å²) in [6, 6.07) is 71.1. The van der Waals surface area contributed by atoms with Crippen molar-refractivity contribution in [1.82, 2.24) is 4.57 Å². The molecule has 0 aliphatic carbocycles. The lowest BCUT2D eigenvalue weighted by molar-refractivity contribution is 0.623. The molecule has 0 spiro atoms. The molecule has 1 aliphatic rings. The number of nitrogens with zero attached hydrogens (tertiary/aromatic N) is 2. The van der Waals surface area contributed by atoms with Gasteiger partial charge in [0.05, 0.1) is 16.7 Å². The molecule has 2 heterocycles. The first-order chi connectivity index (χ1) is 26.2. The highest BCUT2D eigenvalue weighted by atomic mass is 28.3. The summed E-state index contributed by atoms with van der Waals surface area (Å²) in [4.78, 5) is 2.11. The standard InChI is InChI=1S/C49H35FN2Si/c50-46-32-37(31-45-42-26-14-13-17-35(42)34-51(49(45)46)36-18-5-1-6-19-36)52-47-28-16-15-27-43(47)44-33-41(29-30-48(44)52)53(38-20-7-2-8-21-38,39-22-9-3-10-23-39)40-24-11-4-12-25-40/h1-33H,34H2. The second-order valence-corrected chi connectivity index (χ2v) is 17.6. The second kappa shape index (κ2) is 12.6. The van der Waals surface area contributed by atoms with E-state index in [4.69, 9.17) is 0 Å². The lowest BCUT2D eigenvalue weighted by atomic mass is 9.92. The second-order valence-electron chi connectivity index (χ2n) is 13.8. The number of fused-ring (bicyclic) bond motifs is 6. The molecule has 0 amide bonds. The molecule has 0 fully saturated rings. The molecule has 0 radical (unpaired) electrons. The summed E-state index contributed by atoms with van der Waals surface area (Å²) in [5, 5.41) is 7.60. The molecular formula is C49H35FN2Si. The van der Waals surface area contributed by atoms with E-state index in [-0.39, 0.29) is 5.82 Å². The number of rotatable bonds is 6. The van der Waals surface area contributed by atoms with E-state index in [2.05, 4.69) is 185 Å². The first-order valence-corrected chi connectivity index (χ1v) is 20.2. The zero-order valence-corrected chi connectivity index (χ0v) is 30.0. The van der Waals surface area contributed by atoms with Gasteiger partial charge < -0.3 is 9.47 Å². The molecular weight excluding hydrogens is 664 g/mol. The minimum atomic E-state index is -2.76. The zero-order chi connectivity index (χ0) is 35.4. The molecule has 2 nitrogen and oxygen atoms in total. The maximum atomic E-state index is 16.9. The van der Waals surface area contributed by atoms with Crippen LogP contribution in [0.25, 0.3) is 38.6 Å². The van der Waals surface area contributed by atoms with Crippen LogP contribution in [-0.4, -0.2) is 12.6 Å². The summed E-state index contributed by atoms with van der Waals surface area (Å²) >= 11 is 0. The fourth-order valence-electron chi connectivity index (χ4n) is 8.74. The first-order valence-electron chi connectivity index (χ1n) is 18.2. The van der Waals surface area contributed by atoms with E-state index >= 15 is 4.39 Å². The number of hydrogen-bond donors (Lipinski definition) is 0. The van der Waals surface area contributed by atoms with Crippen LogP contribution in [0, 0.1) is 5.82 Å². The molecule has 252 valence electrons. The Labute approximate surface area is 309 Å². The minimum Gasteiger partial charge on any atom is -0.334 e. The molecule has 0 N–H and O–H groups in total. The molecule has 53 heavy (non-hydrogen) atoms. The Morgan fingerprint density at radius 1 is 0.415 bits per heavy atom. The molecule has 1 aromatic heterocycles. The van der Waals surface area contributed by atoms with E-state index in [9.17, 15) is 0 Å². The Morgan fingerprint density at radius 2 is 0.962 bits per heavy atom. The number of anilines is 2. The van der Waals surface area contributed by atoms with Crippen LogP contribution < -0.4 is 25.6 Å². The van der Waals surface area contributed by atoms with E-state index in [1.165, 1.54) is 26.3 Å². The molecule has 0 saturated heterocycles. The Kier molecular flexibility index (Phi) is 7.44. The highest BCUT2D eigenvalue weighted by molar-refractivity contribution is 7.20. The van der Waals surface area contributed by atoms with Gasteiger partial charge in [0.1, 0.15) is 5.82 Å². The quantitative estimate of drug-likeness (QED) is 0.124. The summed E-state index contributed by atoms with van der Waals surface area (Å²) in [6.07, 6.45) is 0. The average molecular weight is 699 g/mol. The maximum absolute atomic E-state index is 16.9. The van der Waals surface area contributed by atoms with Crippen molar-refractivity contribution >= 4 is 62.0 Å². The zero-order valence-electron chi connectivity index (χ0n) is 29.0. The Hall–Kier alpha value is -6.49. The molecule has 0 unspecified atom stereocenters. The normalized spacial score (nSPS) is 12.5. The molecule has 0 saturated carbocycles. The summed E-state index contributed by atoms with van der Waals surface area (Å²) in [7, 11) is -2.76. The third-order valence-corrected chi connectivity index (χ3v) is 15.8. The van der Waals surface area contributed by atoms with Crippen molar-refractivity contribution in [2.24, 2.45) is 0 Å². The number of aromatic nitrogens is 1. The number of halogens is 1. The van der Waals surface area contributed by atoms with Crippen LogP contribution in [0.4, 0.5) is 15.8 Å². The van der Waals surface area contributed by atoms with Crippen molar-refractivity contribution in [3.63, 3.8) is 0 Å². The third-order valence-electron chi connectivity index (χ3n) is 11.0. The van der Waals surface area contributed by atoms with E-state index in [0.717, 1.165) is 44.3 Å². The maximum Gasteiger partial charge on any atom is 0.179 e. The fourth-order valence-corrected chi connectivity index (χ4v) is 13.5. The summed E-state index contributed by atoms with van der Waals surface area (Å²) < 4.78 is 19.1. The van der Waals surface area contributed by atoms with Crippen LogP contribution in [0.15, 0.2) is 200 Å². The Bertz CT molecular complexity index is 2660. The topological polar surface area (TPSA) is 8.17 Å². The summed E-state index contributed by atoms with van der Waals surface area (Å²) in [6.45, 7) is 0.609. The average Bonchev–Trinajstić information content (AvgIpc) is 3.56. The number of hydrogen-bond acceptors (Lipinski definition) is 1. The van der Waals surface area contributed by atoms with Crippen molar-refractivity contribution < 1.29 is 4.39 Å². The fraction of sp³-hybridized carbons (Fsp3) is 0.0204. The van der Waals surface area contributed by atoms with Gasteiger partial charge in [-0.3, -0.25) is 0 Å². The third kappa shape index (κ3) is 4.91. The predicted octanol–water partition coefficient (Wildman–Crippen LogP) is 9.62. The van der Waals surface area contributed by atoms with Gasteiger partial charge in [0.15, 0.2) is 8.07 Å². The van der Waals surface area contributed by atoms with Crippen molar-refractivity contribution in [3.8, 4) is 16.8 Å². The largest absolute Gasteiger partial charge is 0.334 e. The van der Waals surface area contributed by atoms with Gasteiger partial charge in [-0.25, -0.2) is 4.39 Å². The van der Waals surface area contributed by atoms with Crippen molar-refractivity contribution in [1.29, 1.82) is 0 Å². The lowest BCUT2D eigenvalue weighted by Gasteiger charge is -2.34. The van der Waals surface area contributed by atoms with Crippen molar-refractivity contribution in [2.45, 2.75) is 6.54 Å². The molecule has 8 aromatic carbocycles. The monoisotopic (exact) mass is 698 g/mol. The van der Waals surface area contributed by atoms with E-state index in [0.29, 0.717) is 12.2 Å². The van der Waals surface area contributed by atoms with Gasteiger partial charge in [0.2, 0.25) is 0 Å². The van der Waals surface area contributed by atoms with Gasteiger partial charge in [-0.05, 0) is 62.2 Å². The van der Waals surface area contributed by atoms with Crippen LogP contribution in [0.2, 0.25) is 0 Å².